The van der Waals surface area contributed by atoms with Gasteiger partial charge in [0, 0.05) is 43.4 Å². The van der Waals surface area contributed by atoms with Crippen LogP contribution in [0.5, 0.6) is 0 Å². The van der Waals surface area contributed by atoms with E-state index < -0.39 is 0 Å². The number of hydrogen-bond acceptors (Lipinski definition) is 4. The number of para-hydroxylation sites is 2. The highest BCUT2D eigenvalue weighted by molar-refractivity contribution is 6.31. The summed E-state index contributed by atoms with van der Waals surface area (Å²) in [7, 11) is 0. The summed E-state index contributed by atoms with van der Waals surface area (Å²) >= 11 is 6.14. The molecule has 30 heavy (non-hydrogen) atoms. The van der Waals surface area contributed by atoms with Crippen LogP contribution in [0.25, 0.3) is 11.0 Å². The van der Waals surface area contributed by atoms with Gasteiger partial charge in [0.2, 0.25) is 0 Å². The Labute approximate surface area is 179 Å². The third kappa shape index (κ3) is 3.85. The van der Waals surface area contributed by atoms with Gasteiger partial charge in [-0.25, -0.2) is 9.78 Å². The number of aryl methyl sites for hydroxylation is 2. The number of benzene rings is 2. The second-order valence-electron chi connectivity index (χ2n) is 7.34. The lowest BCUT2D eigenvalue weighted by Gasteiger charge is -2.35. The van der Waals surface area contributed by atoms with E-state index in [1.54, 1.807) is 15.5 Å². The van der Waals surface area contributed by atoms with Crippen LogP contribution in [0.1, 0.15) is 12.5 Å². The number of rotatable bonds is 3. The van der Waals surface area contributed by atoms with Gasteiger partial charge in [-0.1, -0.05) is 29.8 Å². The molecule has 0 atom stereocenters. The van der Waals surface area contributed by atoms with Crippen molar-refractivity contribution in [2.24, 2.45) is 0 Å². The Bertz CT molecular complexity index is 1150. The highest BCUT2D eigenvalue weighted by Crippen LogP contribution is 2.21. The summed E-state index contributed by atoms with van der Waals surface area (Å²) in [6.07, 6.45) is 0. The standard InChI is InChI=1S/C22H24ClN5O2/c1-3-28-19-7-5-4-6-18(19)25-20(21(28)29)26-10-12-27(13-11-26)22(30)24-16-9-8-15(2)17(23)14-16/h4-9,14H,3,10-13H2,1-2H3,(H,24,30). The van der Waals surface area contributed by atoms with Gasteiger partial charge in [0.15, 0.2) is 5.82 Å². The highest BCUT2D eigenvalue weighted by atomic mass is 35.5. The second-order valence-corrected chi connectivity index (χ2v) is 7.75. The van der Waals surface area contributed by atoms with Crippen LogP contribution in [-0.4, -0.2) is 46.7 Å². The number of piperazine rings is 1. The topological polar surface area (TPSA) is 70.5 Å². The summed E-state index contributed by atoms with van der Waals surface area (Å²) < 4.78 is 1.75. The number of anilines is 2. The summed E-state index contributed by atoms with van der Waals surface area (Å²) in [5.41, 5.74) is 3.17. The lowest BCUT2D eigenvalue weighted by atomic mass is 10.2. The maximum atomic E-state index is 13.0. The van der Waals surface area contributed by atoms with Crippen molar-refractivity contribution in [3.63, 3.8) is 0 Å². The van der Waals surface area contributed by atoms with Crippen molar-refractivity contribution in [2.75, 3.05) is 36.4 Å². The summed E-state index contributed by atoms with van der Waals surface area (Å²) in [5, 5.41) is 3.51. The molecular formula is C22H24ClN5O2. The number of carbonyl (C=O) groups is 1. The molecule has 0 spiro atoms. The van der Waals surface area contributed by atoms with Crippen molar-refractivity contribution in [2.45, 2.75) is 20.4 Å². The van der Waals surface area contributed by atoms with Crippen molar-refractivity contribution < 1.29 is 4.79 Å². The van der Waals surface area contributed by atoms with Crippen LogP contribution in [0, 0.1) is 6.92 Å². The maximum Gasteiger partial charge on any atom is 0.321 e. The second kappa shape index (κ2) is 8.36. The van der Waals surface area contributed by atoms with Gasteiger partial charge in [-0.3, -0.25) is 4.79 Å². The van der Waals surface area contributed by atoms with Crippen LogP contribution in [0.2, 0.25) is 5.02 Å². The van der Waals surface area contributed by atoms with Gasteiger partial charge < -0.3 is 19.7 Å². The van der Waals surface area contributed by atoms with Gasteiger partial charge >= 0.3 is 6.03 Å². The molecule has 0 aliphatic carbocycles. The van der Waals surface area contributed by atoms with Crippen molar-refractivity contribution in [1.82, 2.24) is 14.5 Å². The number of carbonyl (C=O) groups excluding carboxylic acids is 1. The molecule has 1 aliphatic heterocycles. The Kier molecular flexibility index (Phi) is 5.63. The van der Waals surface area contributed by atoms with E-state index in [0.717, 1.165) is 16.6 Å². The fraction of sp³-hybridized carbons (Fsp3) is 0.318. The average molecular weight is 426 g/mol. The third-order valence-electron chi connectivity index (χ3n) is 5.44. The van der Waals surface area contributed by atoms with Gasteiger partial charge in [0.1, 0.15) is 0 Å². The predicted octanol–water partition coefficient (Wildman–Crippen LogP) is 3.73. The zero-order valence-electron chi connectivity index (χ0n) is 17.1. The van der Waals surface area contributed by atoms with Crippen molar-refractivity contribution >= 4 is 40.2 Å². The first-order valence-electron chi connectivity index (χ1n) is 10.0. The molecule has 1 aliphatic rings. The molecule has 1 N–H and O–H groups in total. The van der Waals surface area contributed by atoms with Gasteiger partial charge in [0.05, 0.1) is 11.0 Å². The molecule has 1 saturated heterocycles. The van der Waals surface area contributed by atoms with Gasteiger partial charge in [-0.2, -0.15) is 0 Å². The Morgan fingerprint density at radius 3 is 2.57 bits per heavy atom. The van der Waals surface area contributed by atoms with E-state index in [9.17, 15) is 9.59 Å². The lowest BCUT2D eigenvalue weighted by Crippen LogP contribution is -2.51. The summed E-state index contributed by atoms with van der Waals surface area (Å²) in [5.74, 6) is 0.445. The average Bonchev–Trinajstić information content (AvgIpc) is 2.76. The highest BCUT2D eigenvalue weighted by Gasteiger charge is 2.24. The molecule has 8 heteroatoms. The van der Waals surface area contributed by atoms with E-state index >= 15 is 0 Å². The predicted molar refractivity (Wildman–Crippen MR) is 121 cm³/mol. The van der Waals surface area contributed by atoms with Crippen LogP contribution in [-0.2, 0) is 6.54 Å². The number of hydrogen-bond donors (Lipinski definition) is 1. The van der Waals surface area contributed by atoms with Crippen molar-refractivity contribution in [3.8, 4) is 0 Å². The van der Waals surface area contributed by atoms with Crippen LogP contribution in [0.4, 0.5) is 16.3 Å². The van der Waals surface area contributed by atoms with E-state index in [2.05, 4.69) is 10.3 Å². The summed E-state index contributed by atoms with van der Waals surface area (Å²) in [6.45, 7) is 6.56. The Balaban J connectivity index is 1.48. The quantitative estimate of drug-likeness (QED) is 0.694. The van der Waals surface area contributed by atoms with E-state index in [1.165, 1.54) is 0 Å². The fourth-order valence-electron chi connectivity index (χ4n) is 3.69. The number of halogens is 1. The van der Waals surface area contributed by atoms with Crippen LogP contribution in [0.15, 0.2) is 47.3 Å². The first-order chi connectivity index (χ1) is 14.5. The zero-order valence-corrected chi connectivity index (χ0v) is 17.8. The molecule has 3 aromatic rings. The van der Waals surface area contributed by atoms with E-state index in [0.29, 0.717) is 49.3 Å². The summed E-state index contributed by atoms with van der Waals surface area (Å²) in [4.78, 5) is 33.9. The number of nitrogens with zero attached hydrogens (tertiary/aromatic N) is 4. The van der Waals surface area contributed by atoms with Gasteiger partial charge in [0.25, 0.3) is 5.56 Å². The third-order valence-corrected chi connectivity index (χ3v) is 5.85. The Morgan fingerprint density at radius 1 is 1.13 bits per heavy atom. The first kappa shape index (κ1) is 20.2. The molecule has 2 amide bonds. The minimum atomic E-state index is -0.174. The SMILES string of the molecule is CCn1c(=O)c(N2CCN(C(=O)Nc3ccc(C)c(Cl)c3)CC2)nc2ccccc21. The van der Waals surface area contributed by atoms with Gasteiger partial charge in [-0.05, 0) is 43.7 Å². The number of nitrogens with one attached hydrogen (secondary N) is 1. The van der Waals surface area contributed by atoms with Crippen molar-refractivity contribution in [3.05, 3.63) is 63.4 Å². The monoisotopic (exact) mass is 425 g/mol. The van der Waals surface area contributed by atoms with E-state index in [-0.39, 0.29) is 11.6 Å². The normalized spacial score (nSPS) is 14.2. The fourth-order valence-corrected chi connectivity index (χ4v) is 3.87. The number of aromatic nitrogens is 2. The molecule has 7 nitrogen and oxygen atoms in total. The molecule has 0 unspecified atom stereocenters. The number of urea groups is 1. The lowest BCUT2D eigenvalue weighted by molar-refractivity contribution is 0.208. The Hall–Kier alpha value is -3.06. The van der Waals surface area contributed by atoms with Crippen molar-refractivity contribution in [1.29, 1.82) is 0 Å². The molecule has 1 aromatic heterocycles. The van der Waals surface area contributed by atoms with E-state index in [4.69, 9.17) is 11.6 Å². The minimum Gasteiger partial charge on any atom is -0.348 e. The smallest absolute Gasteiger partial charge is 0.321 e. The largest absolute Gasteiger partial charge is 0.348 e. The minimum absolute atomic E-state index is 0.0941. The molecule has 2 aromatic carbocycles. The maximum absolute atomic E-state index is 13.0. The molecule has 0 radical (unpaired) electrons. The van der Waals surface area contributed by atoms with E-state index in [1.807, 2.05) is 55.1 Å². The van der Waals surface area contributed by atoms with Crippen LogP contribution >= 0.6 is 11.6 Å². The molecular weight excluding hydrogens is 402 g/mol. The van der Waals surface area contributed by atoms with Crippen LogP contribution in [0.3, 0.4) is 0 Å². The zero-order chi connectivity index (χ0) is 21.3. The van der Waals surface area contributed by atoms with Gasteiger partial charge in [-0.15, -0.1) is 0 Å². The molecule has 0 bridgehead atoms. The Morgan fingerprint density at radius 2 is 1.87 bits per heavy atom. The molecule has 0 saturated carbocycles. The molecule has 1 fully saturated rings. The molecule has 4 rings (SSSR count). The number of fused-ring (bicyclic) bond motifs is 1. The summed E-state index contributed by atoms with van der Waals surface area (Å²) in [6, 6.07) is 12.9. The number of amides is 2. The molecule has 2 heterocycles. The van der Waals surface area contributed by atoms with Crippen LogP contribution < -0.4 is 15.8 Å². The molecule has 156 valence electrons. The first-order valence-corrected chi connectivity index (χ1v) is 10.4.